The van der Waals surface area contributed by atoms with Crippen LogP contribution >= 0.6 is 11.6 Å². The van der Waals surface area contributed by atoms with Crippen LogP contribution < -0.4 is 4.74 Å². The van der Waals surface area contributed by atoms with Crippen LogP contribution in [-0.2, 0) is 0 Å². The standard InChI is InChI=1S/C23H31ClN2O2/c1-6-12-26(13-7-2)22(27)18-8-9-21(20(24)16-18)28-19-10-14-25(15-11-19)17-23(3,4)5/h1,7-9,16,19H,2,10-15,17H2,3-5H3. The second-order valence-electron chi connectivity index (χ2n) is 8.48. The van der Waals surface area contributed by atoms with Crippen molar-refractivity contribution < 1.29 is 9.53 Å². The van der Waals surface area contributed by atoms with Gasteiger partial charge in [0.05, 0.1) is 11.6 Å². The second-order valence-corrected chi connectivity index (χ2v) is 8.88. The van der Waals surface area contributed by atoms with Crippen molar-refractivity contribution in [3.63, 3.8) is 0 Å². The van der Waals surface area contributed by atoms with Crippen LogP contribution in [0, 0.1) is 17.8 Å². The number of likely N-dealkylation sites (tertiary alicyclic amines) is 1. The van der Waals surface area contributed by atoms with Crippen molar-refractivity contribution >= 4 is 17.5 Å². The Kier molecular flexibility index (Phi) is 7.98. The molecule has 1 aliphatic rings. The minimum absolute atomic E-state index is 0.147. The minimum Gasteiger partial charge on any atom is -0.489 e. The van der Waals surface area contributed by atoms with Crippen LogP contribution in [0.25, 0.3) is 0 Å². The quantitative estimate of drug-likeness (QED) is 0.497. The highest BCUT2D eigenvalue weighted by Crippen LogP contribution is 2.29. The number of terminal acetylenes is 1. The molecular formula is C23H31ClN2O2. The number of piperidine rings is 1. The lowest BCUT2D eigenvalue weighted by Gasteiger charge is -2.36. The summed E-state index contributed by atoms with van der Waals surface area (Å²) in [5.41, 5.74) is 0.799. The number of ether oxygens (including phenoxy) is 1. The first kappa shape index (κ1) is 22.3. The Morgan fingerprint density at radius 3 is 2.64 bits per heavy atom. The first-order valence-electron chi connectivity index (χ1n) is 9.75. The Morgan fingerprint density at radius 2 is 2.11 bits per heavy atom. The van der Waals surface area contributed by atoms with Crippen molar-refractivity contribution in [2.45, 2.75) is 39.7 Å². The predicted molar refractivity (Wildman–Crippen MR) is 116 cm³/mol. The molecule has 0 unspecified atom stereocenters. The van der Waals surface area contributed by atoms with E-state index in [9.17, 15) is 4.79 Å². The number of carbonyl (C=O) groups excluding carboxylic acids is 1. The fraction of sp³-hybridized carbons (Fsp3) is 0.522. The number of nitrogens with zero attached hydrogens (tertiary/aromatic N) is 2. The molecule has 1 heterocycles. The van der Waals surface area contributed by atoms with Gasteiger partial charge in [-0.2, -0.15) is 0 Å². The fourth-order valence-corrected chi connectivity index (χ4v) is 3.66. The molecule has 0 spiro atoms. The predicted octanol–water partition coefficient (Wildman–Crippen LogP) is 4.49. The number of benzene rings is 1. The van der Waals surface area contributed by atoms with Gasteiger partial charge in [0.1, 0.15) is 11.9 Å². The Morgan fingerprint density at radius 1 is 1.43 bits per heavy atom. The summed E-state index contributed by atoms with van der Waals surface area (Å²) in [6.45, 7) is 14.2. The van der Waals surface area contributed by atoms with Gasteiger partial charge < -0.3 is 14.5 Å². The SMILES string of the molecule is C#CCN(CC=C)C(=O)c1ccc(OC2CCN(CC(C)(C)C)CC2)c(Cl)c1. The normalized spacial score (nSPS) is 15.7. The van der Waals surface area contributed by atoms with Crippen LogP contribution in [0.3, 0.4) is 0 Å². The fourth-order valence-electron chi connectivity index (χ4n) is 3.43. The second kappa shape index (κ2) is 10.0. The topological polar surface area (TPSA) is 32.8 Å². The molecule has 1 aromatic rings. The maximum absolute atomic E-state index is 12.6. The van der Waals surface area contributed by atoms with Crippen LogP contribution in [-0.4, -0.2) is 54.5 Å². The molecule has 0 bridgehead atoms. The van der Waals surface area contributed by atoms with Crippen LogP contribution in [0.15, 0.2) is 30.9 Å². The number of hydrogen-bond donors (Lipinski definition) is 0. The van der Waals surface area contributed by atoms with E-state index in [1.165, 1.54) is 0 Å². The summed E-state index contributed by atoms with van der Waals surface area (Å²) in [6, 6.07) is 5.17. The lowest BCUT2D eigenvalue weighted by Crippen LogP contribution is -2.42. The minimum atomic E-state index is -0.165. The molecule has 0 saturated carbocycles. The van der Waals surface area contributed by atoms with E-state index in [0.29, 0.717) is 28.3 Å². The first-order valence-corrected chi connectivity index (χ1v) is 10.1. The average molecular weight is 403 g/mol. The van der Waals surface area contributed by atoms with Crippen LogP contribution in [0.4, 0.5) is 0 Å². The number of hydrogen-bond acceptors (Lipinski definition) is 3. The molecule has 2 rings (SSSR count). The molecular weight excluding hydrogens is 372 g/mol. The Balaban J connectivity index is 1.97. The number of rotatable bonds is 7. The van der Waals surface area contributed by atoms with E-state index in [2.05, 4.69) is 38.2 Å². The van der Waals surface area contributed by atoms with Gasteiger partial charge in [-0.3, -0.25) is 4.79 Å². The zero-order valence-electron chi connectivity index (χ0n) is 17.2. The van der Waals surface area contributed by atoms with E-state index < -0.39 is 0 Å². The maximum Gasteiger partial charge on any atom is 0.254 e. The number of amides is 1. The van der Waals surface area contributed by atoms with Gasteiger partial charge in [-0.1, -0.05) is 44.4 Å². The van der Waals surface area contributed by atoms with Crippen LogP contribution in [0.5, 0.6) is 5.75 Å². The zero-order chi connectivity index (χ0) is 20.7. The third kappa shape index (κ3) is 6.58. The average Bonchev–Trinajstić information content (AvgIpc) is 2.63. The lowest BCUT2D eigenvalue weighted by atomic mass is 9.94. The molecule has 1 saturated heterocycles. The van der Waals surface area contributed by atoms with Crippen LogP contribution in [0.2, 0.25) is 5.02 Å². The van der Waals surface area contributed by atoms with E-state index in [0.717, 1.165) is 32.5 Å². The summed E-state index contributed by atoms with van der Waals surface area (Å²) < 4.78 is 6.12. The highest BCUT2D eigenvalue weighted by atomic mass is 35.5. The zero-order valence-corrected chi connectivity index (χ0v) is 18.0. The highest BCUT2D eigenvalue weighted by Gasteiger charge is 2.24. The maximum atomic E-state index is 12.6. The van der Waals surface area contributed by atoms with Gasteiger partial charge in [-0.15, -0.1) is 13.0 Å². The lowest BCUT2D eigenvalue weighted by molar-refractivity contribution is 0.0790. The molecule has 1 amide bonds. The van der Waals surface area contributed by atoms with Gasteiger partial charge in [0.15, 0.2) is 0 Å². The van der Waals surface area contributed by atoms with Crippen LogP contribution in [0.1, 0.15) is 44.0 Å². The van der Waals surface area contributed by atoms with E-state index >= 15 is 0 Å². The molecule has 28 heavy (non-hydrogen) atoms. The highest BCUT2D eigenvalue weighted by molar-refractivity contribution is 6.32. The van der Waals surface area contributed by atoms with E-state index in [1.54, 1.807) is 29.2 Å². The molecule has 4 nitrogen and oxygen atoms in total. The Labute approximate surface area is 174 Å². The number of halogens is 1. The summed E-state index contributed by atoms with van der Waals surface area (Å²) in [6.07, 6.45) is 9.10. The summed E-state index contributed by atoms with van der Waals surface area (Å²) in [5, 5.41) is 0.447. The van der Waals surface area contributed by atoms with Gasteiger partial charge in [-0.05, 0) is 36.5 Å². The van der Waals surface area contributed by atoms with Gasteiger partial charge >= 0.3 is 0 Å². The molecule has 152 valence electrons. The summed E-state index contributed by atoms with van der Waals surface area (Å²) in [5.74, 6) is 2.96. The van der Waals surface area contributed by atoms with Crippen molar-refractivity contribution in [3.8, 4) is 18.1 Å². The molecule has 0 aliphatic carbocycles. The first-order chi connectivity index (χ1) is 13.2. The molecule has 1 fully saturated rings. The van der Waals surface area contributed by atoms with Crippen molar-refractivity contribution in [1.29, 1.82) is 0 Å². The molecule has 5 heteroatoms. The Hall–Kier alpha value is -1.96. The van der Waals surface area contributed by atoms with E-state index in [4.69, 9.17) is 22.8 Å². The Bertz CT molecular complexity index is 725. The number of carbonyl (C=O) groups is 1. The van der Waals surface area contributed by atoms with Gasteiger partial charge in [-0.25, -0.2) is 0 Å². The molecule has 1 aliphatic heterocycles. The third-order valence-electron chi connectivity index (χ3n) is 4.62. The van der Waals surface area contributed by atoms with Gasteiger partial charge in [0, 0.05) is 31.7 Å². The summed E-state index contributed by atoms with van der Waals surface area (Å²) in [7, 11) is 0. The summed E-state index contributed by atoms with van der Waals surface area (Å²) in [4.78, 5) is 16.6. The molecule has 0 radical (unpaired) electrons. The smallest absolute Gasteiger partial charge is 0.254 e. The van der Waals surface area contributed by atoms with Gasteiger partial charge in [0.2, 0.25) is 0 Å². The van der Waals surface area contributed by atoms with Crippen molar-refractivity contribution in [2.24, 2.45) is 5.41 Å². The van der Waals surface area contributed by atoms with Crippen molar-refractivity contribution in [2.75, 3.05) is 32.7 Å². The third-order valence-corrected chi connectivity index (χ3v) is 4.92. The van der Waals surface area contributed by atoms with E-state index in [1.807, 2.05) is 0 Å². The monoisotopic (exact) mass is 402 g/mol. The molecule has 0 N–H and O–H groups in total. The van der Waals surface area contributed by atoms with Gasteiger partial charge in [0.25, 0.3) is 5.91 Å². The molecule has 0 aromatic heterocycles. The molecule has 0 atom stereocenters. The van der Waals surface area contributed by atoms with Crippen molar-refractivity contribution in [3.05, 3.63) is 41.4 Å². The largest absolute Gasteiger partial charge is 0.489 e. The molecule has 1 aromatic carbocycles. The van der Waals surface area contributed by atoms with Crippen molar-refractivity contribution in [1.82, 2.24) is 9.80 Å². The summed E-state index contributed by atoms with van der Waals surface area (Å²) >= 11 is 6.40. The van der Waals surface area contributed by atoms with E-state index in [-0.39, 0.29) is 18.6 Å².